The topological polar surface area (TPSA) is 44.8 Å². The number of ether oxygens (including phenoxy) is 2. The third-order valence-electron chi connectivity index (χ3n) is 1.54. The molecule has 0 amide bonds. The molecule has 0 N–H and O–H groups in total. The summed E-state index contributed by atoms with van der Waals surface area (Å²) in [7, 11) is 0. The van der Waals surface area contributed by atoms with Crippen molar-refractivity contribution in [1.82, 2.24) is 0 Å². The quantitative estimate of drug-likeness (QED) is 0.373. The maximum atomic E-state index is 10.9. The molecule has 0 unspecified atom stereocenters. The Morgan fingerprint density at radius 3 is 1.88 bits per heavy atom. The van der Waals surface area contributed by atoms with Crippen LogP contribution in [0.2, 0.25) is 0 Å². The maximum Gasteiger partial charge on any atom is 0.380 e. The Morgan fingerprint density at radius 2 is 1.53 bits per heavy atom. The van der Waals surface area contributed by atoms with Crippen LogP contribution in [-0.4, -0.2) is 33.0 Å². The second-order valence-electron chi connectivity index (χ2n) is 3.01. The van der Waals surface area contributed by atoms with Crippen LogP contribution in [0.1, 0.15) is 0 Å². The summed E-state index contributed by atoms with van der Waals surface area (Å²) in [4.78, 5) is 0. The van der Waals surface area contributed by atoms with Crippen LogP contribution in [0.25, 0.3) is 0 Å². The molecule has 0 aromatic heterocycles. The van der Waals surface area contributed by atoms with Gasteiger partial charge in [-0.2, -0.15) is 0 Å². The number of hydrogen-bond acceptors (Lipinski definition) is 4. The summed E-state index contributed by atoms with van der Waals surface area (Å²) >= 11 is 10.5. The Hall–Kier alpha value is -0.190. The first kappa shape index (κ1) is 16.8. The fourth-order valence-corrected chi connectivity index (χ4v) is 1.63. The first-order chi connectivity index (χ1) is 7.99. The van der Waals surface area contributed by atoms with E-state index in [1.54, 1.807) is 0 Å². The highest BCUT2D eigenvalue weighted by molar-refractivity contribution is 8.05. The average molecular weight is 299 g/mol. The molecule has 17 heavy (non-hydrogen) atoms. The Bertz CT molecular complexity index is 308. The van der Waals surface area contributed by atoms with E-state index >= 15 is 0 Å². The van der Waals surface area contributed by atoms with Crippen molar-refractivity contribution in [2.75, 3.05) is 33.0 Å². The van der Waals surface area contributed by atoms with Crippen LogP contribution >= 0.6 is 28.6 Å². The standard InChI is InChI=1S/C10H13Cl2O4P/c1-3-5-14-7-10(8-15-6-4-2)9-16-17(11,12)13/h1-2,10H,5-9H2. The van der Waals surface area contributed by atoms with Crippen LogP contribution < -0.4 is 0 Å². The molecule has 0 spiro atoms. The van der Waals surface area contributed by atoms with Gasteiger partial charge >= 0.3 is 6.07 Å². The molecule has 7 heteroatoms. The number of rotatable bonds is 9. The van der Waals surface area contributed by atoms with Gasteiger partial charge in [0.2, 0.25) is 0 Å². The Kier molecular flexibility index (Phi) is 9.69. The Morgan fingerprint density at radius 1 is 1.06 bits per heavy atom. The third-order valence-corrected chi connectivity index (χ3v) is 2.57. The minimum absolute atomic E-state index is 0.0411. The minimum atomic E-state index is -3.55. The second kappa shape index (κ2) is 9.80. The van der Waals surface area contributed by atoms with E-state index in [0.29, 0.717) is 0 Å². The lowest BCUT2D eigenvalue weighted by Crippen LogP contribution is -2.21. The van der Waals surface area contributed by atoms with Gasteiger partial charge < -0.3 is 14.0 Å². The van der Waals surface area contributed by atoms with Crippen molar-refractivity contribution >= 4 is 28.6 Å². The molecule has 0 rings (SSSR count). The van der Waals surface area contributed by atoms with Crippen LogP contribution in [0, 0.1) is 30.6 Å². The number of terminal acetylenes is 2. The molecule has 96 valence electrons. The molecule has 0 bridgehead atoms. The molecular weight excluding hydrogens is 286 g/mol. The first-order valence-corrected chi connectivity index (χ1v) is 8.09. The minimum Gasteiger partial charge on any atom is -0.368 e. The molecule has 0 heterocycles. The highest BCUT2D eigenvalue weighted by Gasteiger charge is 2.18. The fraction of sp³-hybridized carbons (Fsp3) is 0.600. The van der Waals surface area contributed by atoms with Gasteiger partial charge in [0.15, 0.2) is 0 Å². The summed E-state index contributed by atoms with van der Waals surface area (Å²) in [6.07, 6.45) is 6.51. The van der Waals surface area contributed by atoms with Crippen LogP contribution in [0.4, 0.5) is 0 Å². The van der Waals surface area contributed by atoms with E-state index in [1.807, 2.05) is 0 Å². The second-order valence-corrected chi connectivity index (χ2v) is 7.29. The molecule has 0 aromatic carbocycles. The summed E-state index contributed by atoms with van der Waals surface area (Å²) in [5, 5.41) is 0. The zero-order valence-electron chi connectivity index (χ0n) is 9.10. The summed E-state index contributed by atoms with van der Waals surface area (Å²) in [5.74, 6) is 4.45. The summed E-state index contributed by atoms with van der Waals surface area (Å²) in [6, 6.07) is 0. The van der Waals surface area contributed by atoms with Crippen LogP contribution in [0.3, 0.4) is 0 Å². The molecular formula is C10H13Cl2O4P. The van der Waals surface area contributed by atoms with Crippen molar-refractivity contribution in [3.8, 4) is 24.7 Å². The van der Waals surface area contributed by atoms with Crippen molar-refractivity contribution in [2.45, 2.75) is 0 Å². The molecule has 0 aliphatic carbocycles. The van der Waals surface area contributed by atoms with Gasteiger partial charge in [0.1, 0.15) is 13.2 Å². The zero-order valence-corrected chi connectivity index (χ0v) is 11.5. The lowest BCUT2D eigenvalue weighted by molar-refractivity contribution is 0.0413. The highest BCUT2D eigenvalue weighted by atomic mass is 35.9. The van der Waals surface area contributed by atoms with E-state index in [1.165, 1.54) is 0 Å². The van der Waals surface area contributed by atoms with E-state index in [9.17, 15) is 4.57 Å². The van der Waals surface area contributed by atoms with E-state index in [2.05, 4.69) is 11.8 Å². The molecule has 0 aliphatic heterocycles. The summed E-state index contributed by atoms with van der Waals surface area (Å²) in [5.41, 5.74) is 0. The van der Waals surface area contributed by atoms with Crippen molar-refractivity contribution in [1.29, 1.82) is 0 Å². The molecule has 0 aromatic rings. The van der Waals surface area contributed by atoms with E-state index in [0.717, 1.165) is 0 Å². The third kappa shape index (κ3) is 12.1. The molecule has 0 atom stereocenters. The molecule has 0 aliphatic rings. The average Bonchev–Trinajstić information content (AvgIpc) is 2.24. The normalized spacial score (nSPS) is 11.1. The first-order valence-electron chi connectivity index (χ1n) is 4.66. The highest BCUT2D eigenvalue weighted by Crippen LogP contribution is 2.57. The van der Waals surface area contributed by atoms with Crippen LogP contribution in [0.15, 0.2) is 0 Å². The molecule has 4 nitrogen and oxygen atoms in total. The van der Waals surface area contributed by atoms with Crippen LogP contribution in [0.5, 0.6) is 0 Å². The van der Waals surface area contributed by atoms with E-state index < -0.39 is 6.07 Å². The molecule has 0 fully saturated rings. The van der Waals surface area contributed by atoms with Gasteiger partial charge in [0, 0.05) is 5.92 Å². The largest absolute Gasteiger partial charge is 0.380 e. The lowest BCUT2D eigenvalue weighted by atomic mass is 10.2. The maximum absolute atomic E-state index is 10.9. The summed E-state index contributed by atoms with van der Waals surface area (Å²) < 4.78 is 26.0. The monoisotopic (exact) mass is 298 g/mol. The SMILES string of the molecule is C#CCOCC(COCC#C)COP(=O)(Cl)Cl. The van der Waals surface area contributed by atoms with Crippen molar-refractivity contribution < 1.29 is 18.6 Å². The van der Waals surface area contributed by atoms with Gasteiger partial charge in [-0.25, -0.2) is 0 Å². The number of hydrogen-bond donors (Lipinski definition) is 0. The predicted molar refractivity (Wildman–Crippen MR) is 68.1 cm³/mol. The Labute approximate surface area is 111 Å². The fourth-order valence-electron chi connectivity index (χ4n) is 0.906. The van der Waals surface area contributed by atoms with Gasteiger partial charge in [0.25, 0.3) is 0 Å². The molecule has 0 saturated carbocycles. The summed E-state index contributed by atoms with van der Waals surface area (Å²) in [6.45, 7) is 0.945. The van der Waals surface area contributed by atoms with Gasteiger partial charge in [-0.1, -0.05) is 11.8 Å². The van der Waals surface area contributed by atoms with Crippen molar-refractivity contribution in [2.24, 2.45) is 5.92 Å². The van der Waals surface area contributed by atoms with Gasteiger partial charge in [-0.3, -0.25) is 4.57 Å². The van der Waals surface area contributed by atoms with Crippen LogP contribution in [-0.2, 0) is 18.6 Å². The number of halogens is 2. The molecule has 0 saturated heterocycles. The predicted octanol–water partition coefficient (Wildman–Crippen LogP) is 2.50. The van der Waals surface area contributed by atoms with Crippen molar-refractivity contribution in [3.05, 3.63) is 0 Å². The lowest BCUT2D eigenvalue weighted by Gasteiger charge is -2.16. The molecule has 0 radical (unpaired) electrons. The van der Waals surface area contributed by atoms with E-state index in [-0.39, 0.29) is 39.0 Å². The van der Waals surface area contributed by atoms with Gasteiger partial charge in [0.05, 0.1) is 19.8 Å². The smallest absolute Gasteiger partial charge is 0.368 e. The Balaban J connectivity index is 3.98. The van der Waals surface area contributed by atoms with Crippen molar-refractivity contribution in [3.63, 3.8) is 0 Å². The zero-order chi connectivity index (χ0) is 13.1. The van der Waals surface area contributed by atoms with Gasteiger partial charge in [-0.15, -0.1) is 12.8 Å². The van der Waals surface area contributed by atoms with E-state index in [4.69, 9.17) is 49.3 Å². The van der Waals surface area contributed by atoms with Gasteiger partial charge in [-0.05, 0) is 22.5 Å².